The number of anilines is 1. The number of hydrogen-bond acceptors (Lipinski definition) is 2. The van der Waals surface area contributed by atoms with Gasteiger partial charge < -0.3 is 10.2 Å². The van der Waals surface area contributed by atoms with Gasteiger partial charge in [-0.1, -0.05) is 31.9 Å². The van der Waals surface area contributed by atoms with Gasteiger partial charge in [0.1, 0.15) is 0 Å². The number of piperazine rings is 1. The predicted octanol–water partition coefficient (Wildman–Crippen LogP) is 3.47. The second-order valence-electron chi connectivity index (χ2n) is 5.32. The van der Waals surface area contributed by atoms with Crippen LogP contribution in [0.2, 0.25) is 5.02 Å². The smallest absolute Gasteiger partial charge is 0.0410 e. The van der Waals surface area contributed by atoms with Crippen LogP contribution < -0.4 is 10.2 Å². The Morgan fingerprint density at radius 2 is 2.28 bits per heavy atom. The molecule has 0 amide bonds. The molecular weight excluding hydrogens is 244 g/mol. The summed E-state index contributed by atoms with van der Waals surface area (Å²) in [5.41, 5.74) is 2.60. The van der Waals surface area contributed by atoms with E-state index >= 15 is 0 Å². The third kappa shape index (κ3) is 2.99. The van der Waals surface area contributed by atoms with Crippen molar-refractivity contribution in [1.82, 2.24) is 5.32 Å². The molecule has 1 aromatic rings. The predicted molar refractivity (Wildman–Crippen MR) is 79.6 cm³/mol. The molecule has 0 spiro atoms. The molecule has 1 aromatic carbocycles. The van der Waals surface area contributed by atoms with Crippen LogP contribution in [-0.4, -0.2) is 25.7 Å². The fraction of sp³-hybridized carbons (Fsp3) is 0.600. The highest BCUT2D eigenvalue weighted by atomic mass is 35.5. The van der Waals surface area contributed by atoms with Crippen LogP contribution in [0, 0.1) is 12.8 Å². The molecule has 2 atom stereocenters. The minimum absolute atomic E-state index is 0.596. The highest BCUT2D eigenvalue weighted by Crippen LogP contribution is 2.25. The molecule has 1 N–H and O–H groups in total. The van der Waals surface area contributed by atoms with Gasteiger partial charge in [0.05, 0.1) is 0 Å². The van der Waals surface area contributed by atoms with Crippen LogP contribution in [-0.2, 0) is 0 Å². The summed E-state index contributed by atoms with van der Waals surface area (Å²) in [7, 11) is 0. The van der Waals surface area contributed by atoms with E-state index < -0.39 is 0 Å². The monoisotopic (exact) mass is 266 g/mol. The summed E-state index contributed by atoms with van der Waals surface area (Å²) >= 11 is 6.03. The quantitative estimate of drug-likeness (QED) is 0.901. The molecule has 3 heteroatoms. The maximum atomic E-state index is 6.03. The van der Waals surface area contributed by atoms with Crippen LogP contribution >= 0.6 is 11.6 Å². The molecule has 1 aliphatic rings. The summed E-state index contributed by atoms with van der Waals surface area (Å²) in [4.78, 5) is 2.49. The second-order valence-corrected chi connectivity index (χ2v) is 5.76. The SMILES string of the molecule is CCC(C)C1CN(c2ccc(Cl)cc2C)CCN1. The number of hydrogen-bond donors (Lipinski definition) is 1. The van der Waals surface area contributed by atoms with Gasteiger partial charge in [0, 0.05) is 36.4 Å². The Balaban J connectivity index is 2.13. The van der Waals surface area contributed by atoms with E-state index in [9.17, 15) is 0 Å². The molecule has 1 saturated heterocycles. The molecule has 18 heavy (non-hydrogen) atoms. The number of aryl methyl sites for hydroxylation is 1. The number of nitrogens with one attached hydrogen (secondary N) is 1. The van der Waals surface area contributed by atoms with E-state index in [4.69, 9.17) is 11.6 Å². The molecule has 0 radical (unpaired) electrons. The summed E-state index contributed by atoms with van der Waals surface area (Å²) in [6, 6.07) is 6.79. The standard InChI is InChI=1S/C15H23ClN2/c1-4-11(2)14-10-18(8-7-17-14)15-6-5-13(16)9-12(15)3/h5-6,9,11,14,17H,4,7-8,10H2,1-3H3. The molecule has 1 heterocycles. The Morgan fingerprint density at radius 3 is 2.94 bits per heavy atom. The Labute approximate surface area is 115 Å². The molecule has 100 valence electrons. The molecular formula is C15H23ClN2. The minimum Gasteiger partial charge on any atom is -0.368 e. The van der Waals surface area contributed by atoms with Crippen molar-refractivity contribution in [3.8, 4) is 0 Å². The molecule has 2 unspecified atom stereocenters. The number of rotatable bonds is 3. The summed E-state index contributed by atoms with van der Waals surface area (Å²) in [6.07, 6.45) is 1.23. The van der Waals surface area contributed by atoms with Gasteiger partial charge in [-0.2, -0.15) is 0 Å². The topological polar surface area (TPSA) is 15.3 Å². The van der Waals surface area contributed by atoms with Crippen molar-refractivity contribution < 1.29 is 0 Å². The van der Waals surface area contributed by atoms with Crippen LogP contribution in [0.15, 0.2) is 18.2 Å². The Hall–Kier alpha value is -0.730. The fourth-order valence-electron chi connectivity index (χ4n) is 2.64. The third-order valence-electron chi connectivity index (χ3n) is 4.04. The van der Waals surface area contributed by atoms with Crippen LogP contribution in [0.4, 0.5) is 5.69 Å². The van der Waals surface area contributed by atoms with Gasteiger partial charge in [0.15, 0.2) is 0 Å². The summed E-state index contributed by atoms with van der Waals surface area (Å²) in [6.45, 7) is 9.97. The van der Waals surface area contributed by atoms with Gasteiger partial charge >= 0.3 is 0 Å². The molecule has 0 aliphatic carbocycles. The average Bonchev–Trinajstić information content (AvgIpc) is 2.38. The normalized spacial score (nSPS) is 22.0. The maximum absolute atomic E-state index is 6.03. The zero-order valence-corrected chi connectivity index (χ0v) is 12.3. The zero-order valence-electron chi connectivity index (χ0n) is 11.5. The first-order valence-corrected chi connectivity index (χ1v) is 7.24. The highest BCUT2D eigenvalue weighted by molar-refractivity contribution is 6.30. The summed E-state index contributed by atoms with van der Waals surface area (Å²) in [5, 5.41) is 4.46. The van der Waals surface area contributed by atoms with Crippen LogP contribution in [0.25, 0.3) is 0 Å². The minimum atomic E-state index is 0.596. The molecule has 2 nitrogen and oxygen atoms in total. The van der Waals surface area contributed by atoms with Gasteiger partial charge in [0.2, 0.25) is 0 Å². The largest absolute Gasteiger partial charge is 0.368 e. The van der Waals surface area contributed by atoms with Crippen molar-refractivity contribution in [2.45, 2.75) is 33.2 Å². The second kappa shape index (κ2) is 5.94. The van der Waals surface area contributed by atoms with E-state index in [1.165, 1.54) is 17.7 Å². The van der Waals surface area contributed by atoms with Crippen molar-refractivity contribution in [2.24, 2.45) is 5.92 Å². The van der Waals surface area contributed by atoms with Crippen molar-refractivity contribution >= 4 is 17.3 Å². The number of halogens is 1. The summed E-state index contributed by atoms with van der Waals surface area (Å²) in [5.74, 6) is 0.723. The van der Waals surface area contributed by atoms with Crippen molar-refractivity contribution in [3.63, 3.8) is 0 Å². The van der Waals surface area contributed by atoms with E-state index in [0.29, 0.717) is 6.04 Å². The van der Waals surface area contributed by atoms with Crippen molar-refractivity contribution in [1.29, 1.82) is 0 Å². The lowest BCUT2D eigenvalue weighted by Gasteiger charge is -2.38. The van der Waals surface area contributed by atoms with E-state index in [0.717, 1.165) is 30.6 Å². The van der Waals surface area contributed by atoms with E-state index in [1.54, 1.807) is 0 Å². The lowest BCUT2D eigenvalue weighted by Crippen LogP contribution is -2.53. The van der Waals surface area contributed by atoms with E-state index in [1.807, 2.05) is 6.07 Å². The highest BCUT2D eigenvalue weighted by Gasteiger charge is 2.23. The van der Waals surface area contributed by atoms with Gasteiger partial charge in [-0.15, -0.1) is 0 Å². The van der Waals surface area contributed by atoms with Crippen LogP contribution in [0.5, 0.6) is 0 Å². The van der Waals surface area contributed by atoms with Gasteiger partial charge in [-0.3, -0.25) is 0 Å². The third-order valence-corrected chi connectivity index (χ3v) is 4.27. The molecule has 1 aliphatic heterocycles. The van der Waals surface area contributed by atoms with Gasteiger partial charge in [0.25, 0.3) is 0 Å². The van der Waals surface area contributed by atoms with E-state index in [2.05, 4.69) is 43.1 Å². The maximum Gasteiger partial charge on any atom is 0.0410 e. The van der Waals surface area contributed by atoms with E-state index in [-0.39, 0.29) is 0 Å². The number of nitrogens with zero attached hydrogens (tertiary/aromatic N) is 1. The Kier molecular flexibility index (Phi) is 4.52. The van der Waals surface area contributed by atoms with Gasteiger partial charge in [-0.05, 0) is 36.6 Å². The Bertz CT molecular complexity index is 405. The van der Waals surface area contributed by atoms with Crippen LogP contribution in [0.1, 0.15) is 25.8 Å². The molecule has 1 fully saturated rings. The zero-order chi connectivity index (χ0) is 13.1. The lowest BCUT2D eigenvalue weighted by molar-refractivity contribution is 0.341. The number of benzene rings is 1. The van der Waals surface area contributed by atoms with Crippen molar-refractivity contribution in [2.75, 3.05) is 24.5 Å². The summed E-state index contributed by atoms with van der Waals surface area (Å²) < 4.78 is 0. The van der Waals surface area contributed by atoms with Crippen molar-refractivity contribution in [3.05, 3.63) is 28.8 Å². The molecule has 0 saturated carbocycles. The first-order chi connectivity index (χ1) is 8.61. The first kappa shape index (κ1) is 13.7. The van der Waals surface area contributed by atoms with Gasteiger partial charge in [-0.25, -0.2) is 0 Å². The molecule has 0 aromatic heterocycles. The van der Waals surface area contributed by atoms with Crippen LogP contribution in [0.3, 0.4) is 0 Å². The average molecular weight is 267 g/mol. The Morgan fingerprint density at radius 1 is 1.50 bits per heavy atom. The lowest BCUT2D eigenvalue weighted by atomic mass is 9.96. The first-order valence-electron chi connectivity index (χ1n) is 6.86. The fourth-order valence-corrected chi connectivity index (χ4v) is 2.86. The molecule has 2 rings (SSSR count). The molecule has 0 bridgehead atoms.